The van der Waals surface area contributed by atoms with Gasteiger partial charge >= 0.3 is 0 Å². The molecule has 1 aromatic heterocycles. The normalized spacial score (nSPS) is 15.2. The highest BCUT2D eigenvalue weighted by molar-refractivity contribution is 8.02. The number of benzene rings is 1. The van der Waals surface area contributed by atoms with Gasteiger partial charge in [-0.25, -0.2) is 4.98 Å². The molecule has 0 saturated carbocycles. The SMILES string of the molecule is CC(C)(C)c1ccc2nc(C3=CSCC3)c(CCCO)cc2c1. The number of nitrogens with zero attached hydrogens (tertiary/aromatic N) is 1. The fourth-order valence-corrected chi connectivity index (χ4v) is 3.87. The van der Waals surface area contributed by atoms with Crippen LogP contribution >= 0.6 is 11.8 Å². The van der Waals surface area contributed by atoms with E-state index in [4.69, 9.17) is 4.98 Å². The molecule has 23 heavy (non-hydrogen) atoms. The lowest BCUT2D eigenvalue weighted by Crippen LogP contribution is -2.11. The Morgan fingerprint density at radius 3 is 2.70 bits per heavy atom. The number of hydrogen-bond donors (Lipinski definition) is 1. The largest absolute Gasteiger partial charge is 0.396 e. The molecule has 3 heteroatoms. The molecule has 0 fully saturated rings. The van der Waals surface area contributed by atoms with Crippen LogP contribution in [0.5, 0.6) is 0 Å². The maximum absolute atomic E-state index is 9.21. The quantitative estimate of drug-likeness (QED) is 0.864. The third-order valence-corrected chi connectivity index (χ3v) is 5.27. The number of hydrogen-bond acceptors (Lipinski definition) is 3. The average molecular weight is 327 g/mol. The van der Waals surface area contributed by atoms with Crippen LogP contribution in [0, 0.1) is 0 Å². The van der Waals surface area contributed by atoms with Gasteiger partial charge in [0.15, 0.2) is 0 Å². The van der Waals surface area contributed by atoms with Gasteiger partial charge in [0.2, 0.25) is 0 Å². The summed E-state index contributed by atoms with van der Waals surface area (Å²) in [5.74, 6) is 1.15. The molecule has 0 spiro atoms. The van der Waals surface area contributed by atoms with Crippen LogP contribution in [0.3, 0.4) is 0 Å². The lowest BCUT2D eigenvalue weighted by Gasteiger charge is -2.20. The van der Waals surface area contributed by atoms with Gasteiger partial charge in [0.1, 0.15) is 0 Å². The van der Waals surface area contributed by atoms with Crippen LogP contribution in [0.15, 0.2) is 29.7 Å². The number of rotatable bonds is 4. The van der Waals surface area contributed by atoms with Gasteiger partial charge in [0.25, 0.3) is 0 Å². The summed E-state index contributed by atoms with van der Waals surface area (Å²) in [6.07, 6.45) is 2.77. The Kier molecular flexibility index (Phi) is 4.79. The van der Waals surface area contributed by atoms with Crippen LogP contribution in [0.25, 0.3) is 16.5 Å². The van der Waals surface area contributed by atoms with Crippen LogP contribution in [0.1, 0.15) is 50.4 Å². The molecule has 1 aromatic carbocycles. The molecule has 2 nitrogen and oxygen atoms in total. The fourth-order valence-electron chi connectivity index (χ4n) is 2.99. The van der Waals surface area contributed by atoms with E-state index in [1.807, 2.05) is 11.8 Å². The lowest BCUT2D eigenvalue weighted by atomic mass is 9.86. The Morgan fingerprint density at radius 1 is 1.22 bits per heavy atom. The van der Waals surface area contributed by atoms with Crippen LogP contribution in [0.4, 0.5) is 0 Å². The number of thioether (sulfide) groups is 1. The predicted octanol–water partition coefficient (Wildman–Crippen LogP) is 4.94. The minimum absolute atomic E-state index is 0.142. The van der Waals surface area contributed by atoms with Crippen molar-refractivity contribution in [2.24, 2.45) is 0 Å². The number of allylic oxidation sites excluding steroid dienone is 1. The Bertz CT molecular complexity index is 743. The highest BCUT2D eigenvalue weighted by Gasteiger charge is 2.17. The second-order valence-corrected chi connectivity index (χ2v) is 8.22. The van der Waals surface area contributed by atoms with Crippen molar-refractivity contribution in [1.29, 1.82) is 0 Å². The standard InChI is InChI=1S/C20H25NOS/c1-20(2,3)17-6-7-18-16(12-17)11-14(5-4-9-22)19(21-18)15-8-10-23-13-15/h6-7,11-13,22H,4-5,8-10H2,1-3H3. The van der Waals surface area contributed by atoms with E-state index in [0.29, 0.717) is 0 Å². The number of aryl methyl sites for hydroxylation is 1. The Hall–Kier alpha value is -1.32. The van der Waals surface area contributed by atoms with E-state index in [1.54, 1.807) is 0 Å². The van der Waals surface area contributed by atoms with Crippen molar-refractivity contribution in [3.05, 3.63) is 46.5 Å². The highest BCUT2D eigenvalue weighted by atomic mass is 32.2. The van der Waals surface area contributed by atoms with E-state index >= 15 is 0 Å². The molecular weight excluding hydrogens is 302 g/mol. The molecule has 1 aliphatic rings. The third kappa shape index (κ3) is 3.61. The molecule has 0 unspecified atom stereocenters. The number of aliphatic hydroxyl groups excluding tert-OH is 1. The molecule has 1 N–H and O–H groups in total. The summed E-state index contributed by atoms with van der Waals surface area (Å²) >= 11 is 1.87. The van der Waals surface area contributed by atoms with Crippen molar-refractivity contribution in [2.75, 3.05) is 12.4 Å². The lowest BCUT2D eigenvalue weighted by molar-refractivity contribution is 0.288. The monoisotopic (exact) mass is 327 g/mol. The molecule has 122 valence electrons. The first-order chi connectivity index (χ1) is 11.0. The molecule has 0 bridgehead atoms. The molecule has 0 radical (unpaired) electrons. The number of aliphatic hydroxyl groups is 1. The van der Waals surface area contributed by atoms with Crippen molar-refractivity contribution in [1.82, 2.24) is 4.98 Å². The first kappa shape index (κ1) is 16.5. The Morgan fingerprint density at radius 2 is 2.04 bits per heavy atom. The second-order valence-electron chi connectivity index (χ2n) is 7.24. The average Bonchev–Trinajstić information content (AvgIpc) is 3.04. The first-order valence-electron chi connectivity index (χ1n) is 8.35. The summed E-state index contributed by atoms with van der Waals surface area (Å²) in [6, 6.07) is 8.90. The van der Waals surface area contributed by atoms with Crippen LogP contribution in [-0.4, -0.2) is 22.5 Å². The van der Waals surface area contributed by atoms with Crippen molar-refractivity contribution in [3.8, 4) is 0 Å². The van der Waals surface area contributed by atoms with E-state index in [2.05, 4.69) is 50.4 Å². The maximum Gasteiger partial charge on any atom is 0.0709 e. The molecule has 3 rings (SSSR count). The van der Waals surface area contributed by atoms with Gasteiger partial charge in [-0.2, -0.15) is 0 Å². The zero-order chi connectivity index (χ0) is 16.4. The van der Waals surface area contributed by atoms with Crippen LogP contribution in [-0.2, 0) is 11.8 Å². The molecule has 2 heterocycles. The van der Waals surface area contributed by atoms with Crippen molar-refractivity contribution in [3.63, 3.8) is 0 Å². The zero-order valence-electron chi connectivity index (χ0n) is 14.2. The van der Waals surface area contributed by atoms with Crippen LogP contribution in [0.2, 0.25) is 0 Å². The molecule has 0 aliphatic carbocycles. The van der Waals surface area contributed by atoms with E-state index < -0.39 is 0 Å². The van der Waals surface area contributed by atoms with Gasteiger partial charge in [-0.1, -0.05) is 26.8 Å². The summed E-state index contributed by atoms with van der Waals surface area (Å²) in [4.78, 5) is 4.97. The minimum atomic E-state index is 0.142. The summed E-state index contributed by atoms with van der Waals surface area (Å²) in [7, 11) is 0. The summed E-state index contributed by atoms with van der Waals surface area (Å²) < 4.78 is 0. The van der Waals surface area contributed by atoms with Gasteiger partial charge in [-0.15, -0.1) is 11.8 Å². The Balaban J connectivity index is 2.11. The first-order valence-corrected chi connectivity index (χ1v) is 9.40. The van der Waals surface area contributed by atoms with E-state index in [9.17, 15) is 5.11 Å². The number of pyridine rings is 1. The van der Waals surface area contributed by atoms with Gasteiger partial charge in [-0.3, -0.25) is 0 Å². The number of aromatic nitrogens is 1. The van der Waals surface area contributed by atoms with Gasteiger partial charge in [0.05, 0.1) is 11.2 Å². The molecule has 1 aliphatic heterocycles. The van der Waals surface area contributed by atoms with Crippen molar-refractivity contribution >= 4 is 28.2 Å². The summed E-state index contributed by atoms with van der Waals surface area (Å²) in [5, 5.41) is 12.7. The molecule has 0 saturated heterocycles. The van der Waals surface area contributed by atoms with Crippen molar-refractivity contribution in [2.45, 2.75) is 45.4 Å². The van der Waals surface area contributed by atoms with E-state index in [-0.39, 0.29) is 12.0 Å². The third-order valence-electron chi connectivity index (χ3n) is 4.38. The van der Waals surface area contributed by atoms with Gasteiger partial charge in [0, 0.05) is 17.7 Å². The highest BCUT2D eigenvalue weighted by Crippen LogP contribution is 2.34. The van der Waals surface area contributed by atoms with Crippen molar-refractivity contribution < 1.29 is 5.11 Å². The smallest absolute Gasteiger partial charge is 0.0709 e. The van der Waals surface area contributed by atoms with E-state index in [1.165, 1.54) is 22.1 Å². The fraction of sp³-hybridized carbons (Fsp3) is 0.450. The molecule has 2 aromatic rings. The van der Waals surface area contributed by atoms with Gasteiger partial charge < -0.3 is 5.11 Å². The summed E-state index contributed by atoms with van der Waals surface area (Å²) in [6.45, 7) is 6.95. The zero-order valence-corrected chi connectivity index (χ0v) is 15.0. The Labute approximate surface area is 143 Å². The minimum Gasteiger partial charge on any atom is -0.396 e. The summed E-state index contributed by atoms with van der Waals surface area (Å²) in [5.41, 5.74) is 6.31. The molecule has 0 atom stereocenters. The topological polar surface area (TPSA) is 33.1 Å². The van der Waals surface area contributed by atoms with Crippen LogP contribution < -0.4 is 0 Å². The van der Waals surface area contributed by atoms with Gasteiger partial charge in [-0.05, 0) is 65.0 Å². The molecular formula is C20H25NOS. The maximum atomic E-state index is 9.21. The molecule has 0 amide bonds. The number of fused-ring (bicyclic) bond motifs is 1. The second kappa shape index (κ2) is 6.66. The van der Waals surface area contributed by atoms with E-state index in [0.717, 1.165) is 36.2 Å². The predicted molar refractivity (Wildman–Crippen MR) is 101 cm³/mol.